The molecule has 34 heavy (non-hydrogen) atoms. The second kappa shape index (κ2) is 9.98. The maximum atomic E-state index is 13.2. The number of hydrogen-bond donors (Lipinski definition) is 1. The van der Waals surface area contributed by atoms with Gasteiger partial charge < -0.3 is 19.7 Å². The van der Waals surface area contributed by atoms with Crippen molar-refractivity contribution in [1.29, 1.82) is 0 Å². The number of rotatable bonds is 7. The van der Waals surface area contributed by atoms with Gasteiger partial charge in [-0.2, -0.15) is 4.31 Å². The topological polar surface area (TPSA) is 105 Å². The molecular weight excluding hydrogens is 465 g/mol. The second-order valence-electron chi connectivity index (χ2n) is 7.99. The molecule has 0 saturated carbocycles. The Morgan fingerprint density at radius 1 is 1.12 bits per heavy atom. The van der Waals surface area contributed by atoms with E-state index in [2.05, 4.69) is 5.32 Å². The number of amides is 2. The van der Waals surface area contributed by atoms with E-state index in [1.165, 1.54) is 17.0 Å². The van der Waals surface area contributed by atoms with Crippen LogP contribution in [-0.2, 0) is 19.6 Å². The molecule has 2 aromatic carbocycles. The van der Waals surface area contributed by atoms with Crippen LogP contribution in [0.15, 0.2) is 47.4 Å². The number of hydrogen-bond acceptors (Lipinski definition) is 6. The minimum absolute atomic E-state index is 0.0759. The van der Waals surface area contributed by atoms with Gasteiger partial charge in [0.2, 0.25) is 21.8 Å². The van der Waals surface area contributed by atoms with Gasteiger partial charge in [-0.1, -0.05) is 0 Å². The Balaban J connectivity index is 1.44. The zero-order chi connectivity index (χ0) is 24.3. The Bertz CT molecular complexity index is 1170. The first-order valence-corrected chi connectivity index (χ1v) is 12.5. The molecule has 2 aromatic rings. The third-order valence-corrected chi connectivity index (χ3v) is 7.69. The van der Waals surface area contributed by atoms with E-state index < -0.39 is 33.7 Å². The molecule has 2 aliphatic rings. The third kappa shape index (κ3) is 5.00. The summed E-state index contributed by atoms with van der Waals surface area (Å²) in [5.41, 5.74) is 0.499. The SMILES string of the molecule is CCN(CC(=O)Nc1ccc2c(c1)OCCO2)C(=O)C1CCCN1S(=O)(=O)c1ccc(F)cc1. The lowest BCUT2D eigenvalue weighted by atomic mass is 10.2. The highest BCUT2D eigenvalue weighted by Gasteiger charge is 2.41. The summed E-state index contributed by atoms with van der Waals surface area (Å²) in [4.78, 5) is 27.2. The van der Waals surface area contributed by atoms with Crippen molar-refractivity contribution < 1.29 is 31.9 Å². The summed E-state index contributed by atoms with van der Waals surface area (Å²) < 4.78 is 51.5. The molecule has 2 aliphatic heterocycles. The number of halogens is 1. The molecule has 1 fully saturated rings. The van der Waals surface area contributed by atoms with E-state index in [0.29, 0.717) is 43.2 Å². The summed E-state index contributed by atoms with van der Waals surface area (Å²) in [5, 5.41) is 2.74. The molecule has 0 aliphatic carbocycles. The van der Waals surface area contributed by atoms with Gasteiger partial charge in [0.25, 0.3) is 0 Å². The maximum Gasteiger partial charge on any atom is 0.243 e. The summed E-state index contributed by atoms with van der Waals surface area (Å²) in [7, 11) is -3.98. The Labute approximate surface area is 197 Å². The molecule has 0 spiro atoms. The van der Waals surface area contributed by atoms with Crippen LogP contribution in [0.4, 0.5) is 10.1 Å². The standard InChI is InChI=1S/C23H26FN3O6S/c1-2-26(15-22(28)25-17-7-10-20-21(14-17)33-13-12-32-20)23(29)19-4-3-11-27(19)34(30,31)18-8-5-16(24)6-9-18/h5-10,14,19H,2-4,11-13,15H2,1H3,(H,25,28). The summed E-state index contributed by atoms with van der Waals surface area (Å²) in [5.74, 6) is -0.284. The number of likely N-dealkylation sites (N-methyl/N-ethyl adjacent to an activating group) is 1. The van der Waals surface area contributed by atoms with E-state index in [0.717, 1.165) is 16.4 Å². The van der Waals surface area contributed by atoms with Gasteiger partial charge in [0, 0.05) is 24.8 Å². The van der Waals surface area contributed by atoms with Crippen molar-refractivity contribution >= 4 is 27.5 Å². The summed E-state index contributed by atoms with van der Waals surface area (Å²) in [6.07, 6.45) is 0.858. The normalized spacial score (nSPS) is 17.9. The van der Waals surface area contributed by atoms with Crippen molar-refractivity contribution in [2.24, 2.45) is 0 Å². The number of carbonyl (C=O) groups is 2. The Hall–Kier alpha value is -3.18. The molecule has 182 valence electrons. The number of nitrogens with zero attached hydrogens (tertiary/aromatic N) is 2. The highest BCUT2D eigenvalue weighted by molar-refractivity contribution is 7.89. The summed E-state index contributed by atoms with van der Waals surface area (Å²) >= 11 is 0. The quantitative estimate of drug-likeness (QED) is 0.637. The van der Waals surface area contributed by atoms with Crippen LogP contribution in [0.3, 0.4) is 0 Å². The van der Waals surface area contributed by atoms with Gasteiger partial charge in [0.05, 0.1) is 11.4 Å². The van der Waals surface area contributed by atoms with Crippen LogP contribution in [0, 0.1) is 5.82 Å². The number of benzene rings is 2. The average molecular weight is 492 g/mol. The average Bonchev–Trinajstić information content (AvgIpc) is 3.33. The molecule has 1 N–H and O–H groups in total. The first-order valence-electron chi connectivity index (χ1n) is 11.1. The van der Waals surface area contributed by atoms with Crippen molar-refractivity contribution in [2.75, 3.05) is 38.2 Å². The van der Waals surface area contributed by atoms with Crippen LogP contribution in [-0.4, -0.2) is 68.3 Å². The lowest BCUT2D eigenvalue weighted by Crippen LogP contribution is -2.49. The van der Waals surface area contributed by atoms with Gasteiger partial charge in [-0.3, -0.25) is 9.59 Å². The molecule has 1 saturated heterocycles. The van der Waals surface area contributed by atoms with Crippen LogP contribution in [0.2, 0.25) is 0 Å². The minimum atomic E-state index is -3.98. The Morgan fingerprint density at radius 3 is 2.53 bits per heavy atom. The van der Waals surface area contributed by atoms with Gasteiger partial charge in [-0.25, -0.2) is 12.8 Å². The van der Waals surface area contributed by atoms with Gasteiger partial charge in [-0.05, 0) is 56.2 Å². The molecule has 1 atom stereocenters. The fraction of sp³-hybridized carbons (Fsp3) is 0.391. The zero-order valence-corrected chi connectivity index (χ0v) is 19.5. The Morgan fingerprint density at radius 2 is 1.82 bits per heavy atom. The molecule has 4 rings (SSSR count). The predicted molar refractivity (Wildman–Crippen MR) is 122 cm³/mol. The highest BCUT2D eigenvalue weighted by atomic mass is 32.2. The van der Waals surface area contributed by atoms with Crippen molar-refractivity contribution in [3.05, 3.63) is 48.3 Å². The van der Waals surface area contributed by atoms with Crippen molar-refractivity contribution in [3.63, 3.8) is 0 Å². The molecule has 9 nitrogen and oxygen atoms in total. The number of nitrogens with one attached hydrogen (secondary N) is 1. The lowest BCUT2D eigenvalue weighted by Gasteiger charge is -2.29. The summed E-state index contributed by atoms with van der Waals surface area (Å²) in [6.45, 7) is 2.78. The van der Waals surface area contributed by atoms with Crippen molar-refractivity contribution in [1.82, 2.24) is 9.21 Å². The predicted octanol–water partition coefficient (Wildman–Crippen LogP) is 2.24. The van der Waals surface area contributed by atoms with Crippen LogP contribution >= 0.6 is 0 Å². The van der Waals surface area contributed by atoms with Crippen molar-refractivity contribution in [2.45, 2.75) is 30.7 Å². The molecule has 2 amide bonds. The maximum absolute atomic E-state index is 13.2. The van der Waals surface area contributed by atoms with Gasteiger partial charge in [-0.15, -0.1) is 0 Å². The van der Waals surface area contributed by atoms with E-state index in [1.54, 1.807) is 25.1 Å². The fourth-order valence-electron chi connectivity index (χ4n) is 4.07. The smallest absolute Gasteiger partial charge is 0.243 e. The third-order valence-electron chi connectivity index (χ3n) is 5.76. The molecule has 0 bridgehead atoms. The summed E-state index contributed by atoms with van der Waals surface area (Å²) in [6, 6.07) is 8.61. The number of sulfonamides is 1. The fourth-order valence-corrected chi connectivity index (χ4v) is 5.72. The molecular formula is C23H26FN3O6S. The van der Waals surface area contributed by atoms with Crippen LogP contribution in [0.25, 0.3) is 0 Å². The lowest BCUT2D eigenvalue weighted by molar-refractivity contribution is -0.137. The molecule has 0 radical (unpaired) electrons. The van der Waals surface area contributed by atoms with E-state index in [9.17, 15) is 22.4 Å². The van der Waals surface area contributed by atoms with Gasteiger partial charge >= 0.3 is 0 Å². The van der Waals surface area contributed by atoms with E-state index in [1.807, 2.05) is 0 Å². The van der Waals surface area contributed by atoms with Gasteiger partial charge in [0.1, 0.15) is 25.1 Å². The molecule has 11 heteroatoms. The van der Waals surface area contributed by atoms with Crippen LogP contribution in [0.5, 0.6) is 11.5 Å². The first kappa shape index (κ1) is 24.0. The van der Waals surface area contributed by atoms with E-state index in [4.69, 9.17) is 9.47 Å². The van der Waals surface area contributed by atoms with Crippen molar-refractivity contribution in [3.8, 4) is 11.5 Å². The monoisotopic (exact) mass is 491 g/mol. The number of ether oxygens (including phenoxy) is 2. The second-order valence-corrected chi connectivity index (χ2v) is 9.88. The van der Waals surface area contributed by atoms with Crippen LogP contribution < -0.4 is 14.8 Å². The van der Waals surface area contributed by atoms with Crippen LogP contribution in [0.1, 0.15) is 19.8 Å². The highest BCUT2D eigenvalue weighted by Crippen LogP contribution is 2.32. The number of fused-ring (bicyclic) bond motifs is 1. The number of carbonyl (C=O) groups excluding carboxylic acids is 2. The van der Waals surface area contributed by atoms with E-state index >= 15 is 0 Å². The first-order chi connectivity index (χ1) is 16.3. The molecule has 2 heterocycles. The minimum Gasteiger partial charge on any atom is -0.486 e. The zero-order valence-electron chi connectivity index (χ0n) is 18.7. The molecule has 0 aromatic heterocycles. The largest absolute Gasteiger partial charge is 0.486 e. The molecule has 1 unspecified atom stereocenters. The number of anilines is 1. The Kier molecular flexibility index (Phi) is 7.03. The van der Waals surface area contributed by atoms with Gasteiger partial charge in [0.15, 0.2) is 11.5 Å². The van der Waals surface area contributed by atoms with E-state index in [-0.39, 0.29) is 24.5 Å².